The lowest BCUT2D eigenvalue weighted by atomic mass is 10.2. The summed E-state index contributed by atoms with van der Waals surface area (Å²) in [6.07, 6.45) is 2.01. The number of hydrogen-bond acceptors (Lipinski definition) is 3. The van der Waals surface area contributed by atoms with Crippen molar-refractivity contribution < 1.29 is 9.90 Å². The van der Waals surface area contributed by atoms with Crippen molar-refractivity contribution in [2.24, 2.45) is 0 Å². The molecular weight excluding hydrogens is 258 g/mol. The summed E-state index contributed by atoms with van der Waals surface area (Å²) < 4.78 is 0. The Hall–Kier alpha value is -0.710. The highest BCUT2D eigenvalue weighted by Gasteiger charge is 2.33. The van der Waals surface area contributed by atoms with Crippen LogP contribution in [0.2, 0.25) is 5.02 Å². The van der Waals surface area contributed by atoms with Gasteiger partial charge < -0.3 is 10.0 Å². The zero-order chi connectivity index (χ0) is 12.4. The van der Waals surface area contributed by atoms with Gasteiger partial charge >= 0.3 is 0 Å². The maximum absolute atomic E-state index is 12.3. The Morgan fingerprint density at radius 1 is 1.53 bits per heavy atom. The molecule has 3 nitrogen and oxygen atoms in total. The average Bonchev–Trinajstić information content (AvgIpc) is 3.12. The molecule has 0 spiro atoms. The molecule has 0 aromatic heterocycles. The molecule has 1 saturated carbocycles. The van der Waals surface area contributed by atoms with Crippen LogP contribution in [0.3, 0.4) is 0 Å². The molecule has 0 aliphatic heterocycles. The van der Waals surface area contributed by atoms with E-state index in [1.165, 1.54) is 0 Å². The Balaban J connectivity index is 2.24. The molecule has 0 bridgehead atoms. The summed E-state index contributed by atoms with van der Waals surface area (Å²) in [5.74, 6) is -0.123. The van der Waals surface area contributed by atoms with Crippen LogP contribution >= 0.6 is 24.2 Å². The fourth-order valence-corrected chi connectivity index (χ4v) is 2.18. The summed E-state index contributed by atoms with van der Waals surface area (Å²) in [5.41, 5.74) is 0.458. The topological polar surface area (TPSA) is 40.5 Å². The van der Waals surface area contributed by atoms with Gasteiger partial charge in [-0.15, -0.1) is 12.6 Å². The fraction of sp³-hybridized carbons (Fsp3) is 0.417. The summed E-state index contributed by atoms with van der Waals surface area (Å²) in [6, 6.07) is 5.34. The van der Waals surface area contributed by atoms with Crippen molar-refractivity contribution in [2.75, 3.05) is 13.2 Å². The maximum atomic E-state index is 12.3. The molecule has 92 valence electrons. The van der Waals surface area contributed by atoms with Crippen molar-refractivity contribution in [3.8, 4) is 0 Å². The number of nitrogens with zero attached hydrogens (tertiary/aromatic N) is 1. The van der Waals surface area contributed by atoms with E-state index in [9.17, 15) is 4.79 Å². The van der Waals surface area contributed by atoms with Gasteiger partial charge in [-0.2, -0.15) is 0 Å². The molecule has 0 atom stereocenters. The van der Waals surface area contributed by atoms with E-state index in [1.807, 2.05) is 0 Å². The number of rotatable bonds is 4. The van der Waals surface area contributed by atoms with Gasteiger partial charge in [-0.25, -0.2) is 0 Å². The summed E-state index contributed by atoms with van der Waals surface area (Å²) in [7, 11) is 0. The molecule has 5 heteroatoms. The zero-order valence-corrected chi connectivity index (χ0v) is 10.9. The lowest BCUT2D eigenvalue weighted by Gasteiger charge is -2.22. The van der Waals surface area contributed by atoms with Crippen molar-refractivity contribution in [3.05, 3.63) is 28.8 Å². The van der Waals surface area contributed by atoms with Crippen LogP contribution in [0, 0.1) is 0 Å². The molecule has 0 unspecified atom stereocenters. The Morgan fingerprint density at radius 2 is 2.24 bits per heavy atom. The van der Waals surface area contributed by atoms with Crippen molar-refractivity contribution in [1.29, 1.82) is 0 Å². The second-order valence-electron chi connectivity index (χ2n) is 4.12. The molecule has 1 fully saturated rings. The Labute approximate surface area is 111 Å². The number of halogens is 1. The molecule has 1 amide bonds. The van der Waals surface area contributed by atoms with Crippen LogP contribution in [0.25, 0.3) is 0 Å². The highest BCUT2D eigenvalue weighted by Crippen LogP contribution is 2.30. The van der Waals surface area contributed by atoms with Crippen LogP contribution in [0.4, 0.5) is 0 Å². The minimum atomic E-state index is -0.123. The van der Waals surface area contributed by atoms with Crippen molar-refractivity contribution in [1.82, 2.24) is 4.90 Å². The van der Waals surface area contributed by atoms with E-state index >= 15 is 0 Å². The molecule has 0 radical (unpaired) electrons. The largest absolute Gasteiger partial charge is 0.395 e. The van der Waals surface area contributed by atoms with E-state index in [0.717, 1.165) is 12.8 Å². The van der Waals surface area contributed by atoms with Gasteiger partial charge in [0.25, 0.3) is 5.91 Å². The Morgan fingerprint density at radius 3 is 2.82 bits per heavy atom. The molecular formula is C12H14ClNO2S. The number of thiol groups is 1. The van der Waals surface area contributed by atoms with Crippen LogP contribution in [-0.2, 0) is 0 Å². The third-order valence-electron chi connectivity index (χ3n) is 2.77. The first-order valence-electron chi connectivity index (χ1n) is 5.54. The van der Waals surface area contributed by atoms with Crippen molar-refractivity contribution in [2.45, 2.75) is 23.8 Å². The number of amides is 1. The van der Waals surface area contributed by atoms with Gasteiger partial charge in [0.1, 0.15) is 0 Å². The van der Waals surface area contributed by atoms with E-state index in [4.69, 9.17) is 16.7 Å². The van der Waals surface area contributed by atoms with Crippen LogP contribution in [0.1, 0.15) is 23.2 Å². The summed E-state index contributed by atoms with van der Waals surface area (Å²) in [4.78, 5) is 14.7. The first-order chi connectivity index (χ1) is 8.13. The average molecular weight is 272 g/mol. The third-order valence-corrected chi connectivity index (χ3v) is 3.38. The Bertz CT molecular complexity index is 435. The maximum Gasteiger partial charge on any atom is 0.255 e. The van der Waals surface area contributed by atoms with E-state index < -0.39 is 0 Å². The molecule has 1 aliphatic rings. The summed E-state index contributed by atoms with van der Waals surface area (Å²) >= 11 is 10.2. The quantitative estimate of drug-likeness (QED) is 0.825. The fourth-order valence-electron chi connectivity index (χ4n) is 1.78. The molecule has 1 aliphatic carbocycles. The smallest absolute Gasteiger partial charge is 0.255 e. The van der Waals surface area contributed by atoms with Gasteiger partial charge in [0.2, 0.25) is 0 Å². The number of aliphatic hydroxyl groups excluding tert-OH is 1. The first kappa shape index (κ1) is 12.7. The molecule has 2 rings (SSSR count). The van der Waals surface area contributed by atoms with E-state index in [2.05, 4.69) is 12.6 Å². The number of carbonyl (C=O) groups is 1. The van der Waals surface area contributed by atoms with E-state index in [1.54, 1.807) is 23.1 Å². The lowest BCUT2D eigenvalue weighted by Crippen LogP contribution is -2.35. The number of carbonyl (C=O) groups excluding carboxylic acids is 1. The van der Waals surface area contributed by atoms with Gasteiger partial charge in [0.05, 0.1) is 17.2 Å². The highest BCUT2D eigenvalue weighted by atomic mass is 35.5. The minimum Gasteiger partial charge on any atom is -0.395 e. The third kappa shape index (κ3) is 2.94. The first-order valence-corrected chi connectivity index (χ1v) is 6.36. The normalized spacial score (nSPS) is 14.8. The second-order valence-corrected chi connectivity index (χ2v) is 5.04. The van der Waals surface area contributed by atoms with Crippen LogP contribution in [-0.4, -0.2) is 35.1 Å². The summed E-state index contributed by atoms with van der Waals surface area (Å²) in [6.45, 7) is 0.330. The van der Waals surface area contributed by atoms with Gasteiger partial charge in [0.15, 0.2) is 0 Å². The molecule has 1 aromatic carbocycles. The van der Waals surface area contributed by atoms with Gasteiger partial charge in [-0.1, -0.05) is 11.6 Å². The van der Waals surface area contributed by atoms with Crippen molar-refractivity contribution >= 4 is 30.1 Å². The molecule has 1 aromatic rings. The molecule has 1 N–H and O–H groups in total. The van der Waals surface area contributed by atoms with Crippen LogP contribution < -0.4 is 0 Å². The number of benzene rings is 1. The monoisotopic (exact) mass is 271 g/mol. The summed E-state index contributed by atoms with van der Waals surface area (Å²) in [5, 5.41) is 9.42. The lowest BCUT2D eigenvalue weighted by molar-refractivity contribution is 0.0707. The van der Waals surface area contributed by atoms with Gasteiger partial charge in [-0.3, -0.25) is 4.79 Å². The number of hydrogen-bond donors (Lipinski definition) is 2. The van der Waals surface area contributed by atoms with E-state index in [0.29, 0.717) is 22.0 Å². The van der Waals surface area contributed by atoms with Gasteiger partial charge in [0, 0.05) is 17.5 Å². The SMILES string of the molecule is O=C(c1cc(S)ccc1Cl)N(CCO)C1CC1. The number of aliphatic hydroxyl groups is 1. The second kappa shape index (κ2) is 5.29. The van der Waals surface area contributed by atoms with Gasteiger partial charge in [-0.05, 0) is 31.0 Å². The minimum absolute atomic E-state index is 0.0274. The van der Waals surface area contributed by atoms with Crippen LogP contribution in [0.5, 0.6) is 0 Å². The van der Waals surface area contributed by atoms with E-state index in [-0.39, 0.29) is 18.6 Å². The highest BCUT2D eigenvalue weighted by molar-refractivity contribution is 7.80. The molecule has 0 heterocycles. The molecule has 17 heavy (non-hydrogen) atoms. The Kier molecular flexibility index (Phi) is 3.97. The van der Waals surface area contributed by atoms with Crippen molar-refractivity contribution in [3.63, 3.8) is 0 Å². The van der Waals surface area contributed by atoms with Crippen LogP contribution in [0.15, 0.2) is 23.1 Å². The zero-order valence-electron chi connectivity index (χ0n) is 9.27. The standard InChI is InChI=1S/C12H14ClNO2S/c13-11-4-3-9(17)7-10(11)12(16)14(5-6-15)8-1-2-8/h3-4,7-8,15,17H,1-2,5-6H2. The predicted molar refractivity (Wildman–Crippen MR) is 69.8 cm³/mol. The predicted octanol–water partition coefficient (Wildman–Crippen LogP) is 2.23. The molecule has 0 saturated heterocycles.